The fourth-order valence-corrected chi connectivity index (χ4v) is 8.79. The lowest BCUT2D eigenvalue weighted by atomic mass is 10.0. The van der Waals surface area contributed by atoms with Crippen molar-refractivity contribution in [3.8, 4) is 44.5 Å². The first kappa shape index (κ1) is 57.3. The SMILES string of the molecule is CON=C[C@@H](F)[C@H](OC(=O)c1ccc(-c2ccccc2)cc1)[C@@H](Br)COC(=O)c1ccc(-c2ccccc2)cc1.O=C[C@@H](F)[C@H](OC(=O)c1ccc(-c2ccccc2)cc1)[C@@H](Br)COC(=O)c1ccc(-c2ccccc2)cc1. The normalized spacial score (nSPS) is 13.2. The Kier molecular flexibility index (Phi) is 21.5. The van der Waals surface area contributed by atoms with Gasteiger partial charge in [0.05, 0.1) is 38.1 Å². The highest BCUT2D eigenvalue weighted by atomic mass is 79.9. The number of hydrogen-bond acceptors (Lipinski definition) is 11. The van der Waals surface area contributed by atoms with Crippen LogP contribution in [0.1, 0.15) is 41.4 Å². The fraction of sp³-hybridized carbons (Fsp3) is 0.143. The van der Waals surface area contributed by atoms with E-state index in [0.717, 1.165) is 50.7 Å². The van der Waals surface area contributed by atoms with Crippen LogP contribution >= 0.6 is 31.9 Å². The molecule has 6 atom stereocenters. The molecule has 0 spiro atoms. The first-order chi connectivity index (χ1) is 37.9. The summed E-state index contributed by atoms with van der Waals surface area (Å²) in [7, 11) is 1.27. The van der Waals surface area contributed by atoms with Crippen LogP contribution in [0.25, 0.3) is 44.5 Å². The molecule has 11 nitrogen and oxygen atoms in total. The number of nitrogens with zero attached hydrogens (tertiary/aromatic N) is 1. The van der Waals surface area contributed by atoms with E-state index in [9.17, 15) is 28.4 Å². The zero-order valence-electron chi connectivity index (χ0n) is 41.9. The summed E-state index contributed by atoms with van der Waals surface area (Å²) in [5.41, 5.74) is 8.82. The molecule has 78 heavy (non-hydrogen) atoms. The second-order valence-electron chi connectivity index (χ2n) is 17.2. The third-order valence-corrected chi connectivity index (χ3v) is 13.5. The molecule has 0 aromatic heterocycles. The van der Waals surface area contributed by atoms with Gasteiger partial charge in [-0.15, -0.1) is 0 Å². The van der Waals surface area contributed by atoms with E-state index < -0.39 is 58.1 Å². The molecule has 0 aliphatic carbocycles. The van der Waals surface area contributed by atoms with Crippen molar-refractivity contribution in [2.24, 2.45) is 5.16 Å². The quantitative estimate of drug-likeness (QED) is 0.0170. The maximum absolute atomic E-state index is 15.0. The van der Waals surface area contributed by atoms with Gasteiger partial charge in [-0.2, -0.15) is 0 Å². The number of benzene rings is 8. The van der Waals surface area contributed by atoms with Crippen molar-refractivity contribution in [3.63, 3.8) is 0 Å². The molecule has 0 bridgehead atoms. The summed E-state index contributed by atoms with van der Waals surface area (Å²) in [6.45, 7) is -0.580. The monoisotopic (exact) mass is 1180 g/mol. The maximum Gasteiger partial charge on any atom is 0.338 e. The lowest BCUT2D eigenvalue weighted by Crippen LogP contribution is -2.39. The number of esters is 4. The Morgan fingerprint density at radius 2 is 0.667 bits per heavy atom. The second kappa shape index (κ2) is 29.2. The number of halogens is 4. The van der Waals surface area contributed by atoms with Crippen LogP contribution in [-0.2, 0) is 28.6 Å². The molecule has 0 N–H and O–H groups in total. The zero-order valence-corrected chi connectivity index (χ0v) is 45.0. The fourth-order valence-electron chi connectivity index (χ4n) is 7.73. The van der Waals surface area contributed by atoms with Crippen LogP contribution in [0.3, 0.4) is 0 Å². The Morgan fingerprint density at radius 1 is 0.410 bits per heavy atom. The van der Waals surface area contributed by atoms with Gasteiger partial charge in [0.2, 0.25) is 0 Å². The molecule has 0 aliphatic rings. The van der Waals surface area contributed by atoms with Gasteiger partial charge < -0.3 is 23.8 Å². The van der Waals surface area contributed by atoms with E-state index in [1.54, 1.807) is 84.9 Å². The van der Waals surface area contributed by atoms with Gasteiger partial charge in [-0.05, 0) is 93.0 Å². The third kappa shape index (κ3) is 16.3. The predicted molar refractivity (Wildman–Crippen MR) is 303 cm³/mol. The highest BCUT2D eigenvalue weighted by Gasteiger charge is 2.34. The molecule has 0 saturated heterocycles. The predicted octanol–water partition coefficient (Wildman–Crippen LogP) is 13.8. The van der Waals surface area contributed by atoms with Gasteiger partial charge in [-0.3, -0.25) is 4.79 Å². The number of oxime groups is 1. The summed E-state index contributed by atoms with van der Waals surface area (Å²) < 4.78 is 51.0. The van der Waals surface area contributed by atoms with Crippen LogP contribution in [-0.4, -0.2) is 90.9 Å². The summed E-state index contributed by atoms with van der Waals surface area (Å²) in [4.78, 5) is 64.7. The van der Waals surface area contributed by atoms with Crippen LogP contribution in [0, 0.1) is 0 Å². The first-order valence-electron chi connectivity index (χ1n) is 24.4. The number of rotatable bonds is 21. The number of aldehydes is 1. The summed E-state index contributed by atoms with van der Waals surface area (Å²) >= 11 is 6.55. The maximum atomic E-state index is 15.0. The number of carbonyl (C=O) groups is 5. The smallest absolute Gasteiger partial charge is 0.338 e. The van der Waals surface area contributed by atoms with Crippen LogP contribution in [0.5, 0.6) is 0 Å². The van der Waals surface area contributed by atoms with Gasteiger partial charge in [-0.25, -0.2) is 28.0 Å². The number of carbonyl (C=O) groups excluding carboxylic acids is 5. The molecule has 0 saturated carbocycles. The molecule has 15 heteroatoms. The van der Waals surface area contributed by atoms with Crippen molar-refractivity contribution in [2.75, 3.05) is 20.3 Å². The highest BCUT2D eigenvalue weighted by Crippen LogP contribution is 2.26. The summed E-state index contributed by atoms with van der Waals surface area (Å²) in [5.74, 6) is -2.75. The Bertz CT molecular complexity index is 3210. The van der Waals surface area contributed by atoms with Crippen LogP contribution in [0.2, 0.25) is 0 Å². The van der Waals surface area contributed by atoms with Crippen molar-refractivity contribution in [1.82, 2.24) is 0 Å². The van der Waals surface area contributed by atoms with Gasteiger partial charge in [0, 0.05) is 0 Å². The molecule has 0 radical (unpaired) electrons. The van der Waals surface area contributed by atoms with E-state index in [1.807, 2.05) is 133 Å². The van der Waals surface area contributed by atoms with Crippen molar-refractivity contribution >= 4 is 68.2 Å². The minimum absolute atomic E-state index is 0.0504. The Balaban J connectivity index is 0.000000226. The average molecular weight is 1180 g/mol. The average Bonchev–Trinajstić information content (AvgIpc) is 3.51. The van der Waals surface area contributed by atoms with E-state index in [1.165, 1.54) is 7.11 Å². The Labute approximate surface area is 467 Å². The topological polar surface area (TPSA) is 144 Å². The molecular weight excluding hydrogens is 1130 g/mol. The van der Waals surface area contributed by atoms with Crippen molar-refractivity contribution in [2.45, 2.75) is 34.2 Å². The Morgan fingerprint density at radius 3 is 0.936 bits per heavy atom. The minimum atomic E-state index is -2.12. The summed E-state index contributed by atoms with van der Waals surface area (Å²) in [6, 6.07) is 66.0. The van der Waals surface area contributed by atoms with Gasteiger partial charge in [0.1, 0.15) is 20.3 Å². The second-order valence-corrected chi connectivity index (χ2v) is 19.6. The highest BCUT2D eigenvalue weighted by molar-refractivity contribution is 9.09. The largest absolute Gasteiger partial charge is 0.461 e. The molecule has 8 aromatic carbocycles. The molecule has 8 aromatic rings. The van der Waals surface area contributed by atoms with E-state index in [2.05, 4.69) is 41.9 Å². The summed E-state index contributed by atoms with van der Waals surface area (Å²) in [6.07, 6.45) is -5.86. The molecule has 0 heterocycles. The van der Waals surface area contributed by atoms with E-state index in [-0.39, 0.29) is 30.6 Å². The van der Waals surface area contributed by atoms with Gasteiger partial charge in [-0.1, -0.05) is 207 Å². The lowest BCUT2D eigenvalue weighted by molar-refractivity contribution is -0.115. The zero-order chi connectivity index (χ0) is 55.2. The molecule has 396 valence electrons. The Hall–Kier alpha value is -8.40. The van der Waals surface area contributed by atoms with Gasteiger partial charge >= 0.3 is 23.9 Å². The third-order valence-electron chi connectivity index (χ3n) is 11.9. The van der Waals surface area contributed by atoms with Crippen LogP contribution in [0.15, 0.2) is 224 Å². The standard InChI is InChI=1S/C32H27BrFNO5.C31H24BrFO5/c1-38-35-20-29(34)30(40-32(37)27-18-14-25(15-19-27)23-10-6-3-7-11-23)28(33)21-39-31(36)26-16-12-24(13-17-26)22-8-4-2-5-9-22;32-27(20-37-30(35)25-15-11-23(12-16-25)21-7-3-1-4-8-21)29(28(33)19-34)38-31(36)26-17-13-24(14-18-26)22-9-5-2-6-10-22/h2-20,28-30H,21H2,1H3;1-19,27-29H,20H2/t28-,29+,30+;27-,28+,29+/m00/s1. The number of ether oxygens (including phenoxy) is 4. The van der Waals surface area contributed by atoms with Crippen molar-refractivity contribution in [3.05, 3.63) is 241 Å². The summed E-state index contributed by atoms with van der Waals surface area (Å²) in [5, 5.41) is 3.46. The molecule has 0 aliphatic heterocycles. The van der Waals surface area contributed by atoms with Crippen molar-refractivity contribution < 1.29 is 56.5 Å². The first-order valence-corrected chi connectivity index (χ1v) is 26.2. The van der Waals surface area contributed by atoms with Crippen LogP contribution in [0.4, 0.5) is 8.78 Å². The molecule has 0 unspecified atom stereocenters. The van der Waals surface area contributed by atoms with Crippen molar-refractivity contribution in [1.29, 1.82) is 0 Å². The number of hydrogen-bond donors (Lipinski definition) is 0. The van der Waals surface area contributed by atoms with Gasteiger partial charge in [0.25, 0.3) is 0 Å². The molecule has 0 amide bonds. The molecule has 0 fully saturated rings. The van der Waals surface area contributed by atoms with Gasteiger partial charge in [0.15, 0.2) is 30.8 Å². The van der Waals surface area contributed by atoms with Crippen LogP contribution < -0.4 is 0 Å². The molecular formula is C63H51Br2F2NO10. The van der Waals surface area contributed by atoms with E-state index in [4.69, 9.17) is 18.9 Å². The minimum Gasteiger partial charge on any atom is -0.461 e. The number of alkyl halides is 4. The molecule has 8 rings (SSSR count). The van der Waals surface area contributed by atoms with E-state index in [0.29, 0.717) is 11.1 Å². The van der Waals surface area contributed by atoms with E-state index >= 15 is 4.39 Å². The lowest BCUT2D eigenvalue weighted by Gasteiger charge is -2.24.